The zero-order valence-electron chi connectivity index (χ0n) is 11.8. The average Bonchev–Trinajstić information content (AvgIpc) is 2.79. The first-order chi connectivity index (χ1) is 8.80. The Morgan fingerprint density at radius 1 is 1.11 bits per heavy atom. The zero-order chi connectivity index (χ0) is 14.1. The third kappa shape index (κ3) is 3.48. The van der Waals surface area contributed by atoms with Gasteiger partial charge in [0.2, 0.25) is 10.0 Å². The van der Waals surface area contributed by atoms with Gasteiger partial charge in [-0.1, -0.05) is 12.1 Å². The van der Waals surface area contributed by atoms with Gasteiger partial charge in [-0.3, -0.25) is 0 Å². The summed E-state index contributed by atoms with van der Waals surface area (Å²) in [7, 11) is -3.48. The molecule has 0 amide bonds. The molecule has 0 unspecified atom stereocenters. The number of nitrogens with zero attached hydrogens (tertiary/aromatic N) is 1. The van der Waals surface area contributed by atoms with Crippen molar-refractivity contribution in [3.63, 3.8) is 0 Å². The molecule has 4 nitrogen and oxygen atoms in total. The van der Waals surface area contributed by atoms with Crippen LogP contribution in [-0.4, -0.2) is 27.0 Å². The second-order valence-corrected chi connectivity index (χ2v) is 7.67. The first-order valence-electron chi connectivity index (χ1n) is 6.67. The molecule has 1 aromatic rings. The van der Waals surface area contributed by atoms with Gasteiger partial charge in [-0.15, -0.1) is 0 Å². The van der Waals surface area contributed by atoms with E-state index in [0.29, 0.717) is 4.90 Å². The third-order valence-corrected chi connectivity index (χ3v) is 4.85. The van der Waals surface area contributed by atoms with E-state index in [0.717, 1.165) is 31.6 Å². The van der Waals surface area contributed by atoms with Crippen molar-refractivity contribution in [2.24, 2.45) is 0 Å². The van der Waals surface area contributed by atoms with E-state index in [-0.39, 0.29) is 0 Å². The normalized spacial score (nSPS) is 16.9. The molecule has 1 saturated heterocycles. The Hall–Kier alpha value is -1.07. The summed E-state index contributed by atoms with van der Waals surface area (Å²) in [6.45, 7) is 7.42. The minimum Gasteiger partial charge on any atom is -0.370 e. The predicted molar refractivity (Wildman–Crippen MR) is 78.0 cm³/mol. The Morgan fingerprint density at radius 2 is 1.68 bits per heavy atom. The number of hydrogen-bond donors (Lipinski definition) is 1. The van der Waals surface area contributed by atoms with Gasteiger partial charge in [0, 0.05) is 18.6 Å². The minimum atomic E-state index is -3.48. The van der Waals surface area contributed by atoms with Crippen molar-refractivity contribution in [3.8, 4) is 0 Å². The van der Waals surface area contributed by atoms with Gasteiger partial charge in [0.1, 0.15) is 4.90 Å². The number of anilines is 1. The molecule has 0 aliphatic carbocycles. The molecule has 2 rings (SSSR count). The summed E-state index contributed by atoms with van der Waals surface area (Å²) in [5.41, 5.74) is 0.341. The van der Waals surface area contributed by atoms with Crippen LogP contribution in [0.15, 0.2) is 29.2 Å². The predicted octanol–water partition coefficient (Wildman–Crippen LogP) is 2.36. The molecule has 1 N–H and O–H groups in total. The summed E-state index contributed by atoms with van der Waals surface area (Å²) in [6.07, 6.45) is 2.25. The number of hydrogen-bond acceptors (Lipinski definition) is 3. The minimum absolute atomic E-state index is 0.381. The third-order valence-electron chi connectivity index (χ3n) is 3.04. The van der Waals surface area contributed by atoms with Crippen molar-refractivity contribution in [2.45, 2.75) is 44.0 Å². The quantitative estimate of drug-likeness (QED) is 0.926. The van der Waals surface area contributed by atoms with E-state index in [9.17, 15) is 8.42 Å². The second-order valence-electron chi connectivity index (χ2n) is 6.02. The molecule has 19 heavy (non-hydrogen) atoms. The Labute approximate surface area is 115 Å². The summed E-state index contributed by atoms with van der Waals surface area (Å²) < 4.78 is 27.7. The largest absolute Gasteiger partial charge is 0.370 e. The van der Waals surface area contributed by atoms with Crippen molar-refractivity contribution in [2.75, 3.05) is 18.0 Å². The molecule has 0 spiro atoms. The SMILES string of the molecule is CC(C)(C)NS(=O)(=O)c1ccccc1N1CCCC1. The summed E-state index contributed by atoms with van der Waals surface area (Å²) >= 11 is 0. The topological polar surface area (TPSA) is 49.4 Å². The monoisotopic (exact) mass is 282 g/mol. The van der Waals surface area contributed by atoms with Crippen molar-refractivity contribution >= 4 is 15.7 Å². The van der Waals surface area contributed by atoms with Gasteiger partial charge in [0.05, 0.1) is 5.69 Å². The van der Waals surface area contributed by atoms with E-state index in [1.165, 1.54) is 0 Å². The Morgan fingerprint density at radius 3 is 2.26 bits per heavy atom. The van der Waals surface area contributed by atoms with Crippen LogP contribution in [0.2, 0.25) is 0 Å². The molecule has 0 radical (unpaired) electrons. The van der Waals surface area contributed by atoms with Gasteiger partial charge in [-0.25, -0.2) is 13.1 Å². The van der Waals surface area contributed by atoms with E-state index in [4.69, 9.17) is 0 Å². The molecule has 0 atom stereocenters. The smallest absolute Gasteiger partial charge is 0.243 e. The molecule has 1 heterocycles. The first-order valence-corrected chi connectivity index (χ1v) is 8.16. The lowest BCUT2D eigenvalue weighted by atomic mass is 10.1. The highest BCUT2D eigenvalue weighted by Gasteiger charge is 2.26. The molecule has 1 aliphatic heterocycles. The molecule has 1 aromatic carbocycles. The highest BCUT2D eigenvalue weighted by Crippen LogP contribution is 2.28. The molecule has 0 saturated carbocycles. The number of rotatable bonds is 3. The lowest BCUT2D eigenvalue weighted by molar-refractivity contribution is 0.491. The van der Waals surface area contributed by atoms with Crippen LogP contribution in [0.4, 0.5) is 5.69 Å². The van der Waals surface area contributed by atoms with Gasteiger partial charge < -0.3 is 4.90 Å². The van der Waals surface area contributed by atoms with Crippen molar-refractivity contribution in [1.29, 1.82) is 0 Å². The van der Waals surface area contributed by atoms with E-state index in [1.54, 1.807) is 12.1 Å². The fraction of sp³-hybridized carbons (Fsp3) is 0.571. The van der Waals surface area contributed by atoms with Gasteiger partial charge in [-0.2, -0.15) is 0 Å². The Bertz CT molecular complexity index is 541. The summed E-state index contributed by atoms with van der Waals surface area (Å²) in [5.74, 6) is 0. The lowest BCUT2D eigenvalue weighted by Crippen LogP contribution is -2.41. The Kier molecular flexibility index (Phi) is 3.87. The number of sulfonamides is 1. The highest BCUT2D eigenvalue weighted by molar-refractivity contribution is 7.89. The van der Waals surface area contributed by atoms with Crippen LogP contribution in [-0.2, 0) is 10.0 Å². The standard InChI is InChI=1S/C14H22N2O2S/c1-14(2,3)15-19(17,18)13-9-5-4-8-12(13)16-10-6-7-11-16/h4-5,8-9,15H,6-7,10-11H2,1-3H3. The summed E-state index contributed by atoms with van der Waals surface area (Å²) in [4.78, 5) is 2.53. The molecule has 0 bridgehead atoms. The molecule has 0 aromatic heterocycles. The van der Waals surface area contributed by atoms with Crippen LogP contribution in [0.5, 0.6) is 0 Å². The fourth-order valence-electron chi connectivity index (χ4n) is 2.36. The number of benzene rings is 1. The molecular weight excluding hydrogens is 260 g/mol. The van der Waals surface area contributed by atoms with Crippen LogP contribution in [0.3, 0.4) is 0 Å². The van der Waals surface area contributed by atoms with Gasteiger partial charge in [0.25, 0.3) is 0 Å². The summed E-state index contributed by atoms with van der Waals surface area (Å²) in [5, 5.41) is 0. The van der Waals surface area contributed by atoms with Crippen LogP contribution in [0.25, 0.3) is 0 Å². The highest BCUT2D eigenvalue weighted by atomic mass is 32.2. The van der Waals surface area contributed by atoms with Crippen LogP contribution in [0.1, 0.15) is 33.6 Å². The van der Waals surface area contributed by atoms with E-state index < -0.39 is 15.6 Å². The fourth-order valence-corrected chi connectivity index (χ4v) is 4.01. The van der Waals surface area contributed by atoms with Crippen molar-refractivity contribution in [1.82, 2.24) is 4.72 Å². The average molecular weight is 282 g/mol. The number of para-hydroxylation sites is 1. The van der Waals surface area contributed by atoms with Crippen molar-refractivity contribution < 1.29 is 8.42 Å². The molecule has 1 fully saturated rings. The zero-order valence-corrected chi connectivity index (χ0v) is 12.6. The summed E-state index contributed by atoms with van der Waals surface area (Å²) in [6, 6.07) is 7.24. The van der Waals surface area contributed by atoms with E-state index in [2.05, 4.69) is 9.62 Å². The molecule has 1 aliphatic rings. The Balaban J connectivity index is 2.39. The van der Waals surface area contributed by atoms with Gasteiger partial charge >= 0.3 is 0 Å². The maximum Gasteiger partial charge on any atom is 0.243 e. The maximum atomic E-state index is 12.5. The van der Waals surface area contributed by atoms with Gasteiger partial charge in [0.15, 0.2) is 0 Å². The lowest BCUT2D eigenvalue weighted by Gasteiger charge is -2.25. The molecular formula is C14H22N2O2S. The van der Waals surface area contributed by atoms with E-state index >= 15 is 0 Å². The van der Waals surface area contributed by atoms with Crippen LogP contribution >= 0.6 is 0 Å². The first kappa shape index (κ1) is 14.3. The van der Waals surface area contributed by atoms with Crippen molar-refractivity contribution in [3.05, 3.63) is 24.3 Å². The van der Waals surface area contributed by atoms with Gasteiger partial charge in [-0.05, 0) is 45.7 Å². The maximum absolute atomic E-state index is 12.5. The van der Waals surface area contributed by atoms with Crippen LogP contribution in [0, 0.1) is 0 Å². The second kappa shape index (κ2) is 5.13. The molecule has 106 valence electrons. The van der Waals surface area contributed by atoms with Crippen LogP contribution < -0.4 is 9.62 Å². The molecule has 5 heteroatoms. The number of nitrogens with one attached hydrogen (secondary N) is 1. The van der Waals surface area contributed by atoms with E-state index in [1.807, 2.05) is 32.9 Å².